The molecule has 1 saturated heterocycles. The number of carbonyl (C=O) groups excluding carboxylic acids is 1. The third kappa shape index (κ3) is 5.22. The zero-order chi connectivity index (χ0) is 21.6. The number of nitrogens with zero attached hydrogens (tertiary/aromatic N) is 2. The summed E-state index contributed by atoms with van der Waals surface area (Å²) in [6, 6.07) is 12.8. The van der Waals surface area contributed by atoms with E-state index in [9.17, 15) is 14.7 Å². The summed E-state index contributed by atoms with van der Waals surface area (Å²) in [5, 5.41) is 16.1. The Balaban J connectivity index is 1.24. The standard InChI is InChI=1S/C24H30N4O3/c29-23(26-14-5-9-20-11-10-18-8-4-13-25-22(18)27-20)19-12-15-28(16-19)21(24(30)31)17-6-2-1-3-7-17/h1-3,6-7,10-11,19,21H,4-5,8-9,12-16H2,(H,25,27)(H,26,29)(H,30,31)/t19-,21-/m1/s1. The van der Waals surface area contributed by atoms with E-state index in [4.69, 9.17) is 4.98 Å². The van der Waals surface area contributed by atoms with Crippen molar-refractivity contribution in [2.45, 2.75) is 38.1 Å². The molecule has 7 nitrogen and oxygen atoms in total. The summed E-state index contributed by atoms with van der Waals surface area (Å²) in [5.74, 6) is -0.0269. The van der Waals surface area contributed by atoms with Crippen molar-refractivity contribution >= 4 is 17.7 Å². The zero-order valence-electron chi connectivity index (χ0n) is 17.7. The number of pyridine rings is 1. The van der Waals surface area contributed by atoms with Crippen LogP contribution in [0.15, 0.2) is 42.5 Å². The highest BCUT2D eigenvalue weighted by atomic mass is 16.4. The van der Waals surface area contributed by atoms with Crippen LogP contribution >= 0.6 is 0 Å². The van der Waals surface area contributed by atoms with Gasteiger partial charge in [0.15, 0.2) is 0 Å². The molecular weight excluding hydrogens is 392 g/mol. The van der Waals surface area contributed by atoms with Crippen LogP contribution in [-0.4, -0.2) is 53.0 Å². The van der Waals surface area contributed by atoms with E-state index in [0.717, 1.165) is 49.3 Å². The molecule has 1 amide bonds. The second-order valence-electron chi connectivity index (χ2n) is 8.37. The molecule has 0 unspecified atom stereocenters. The molecular formula is C24H30N4O3. The van der Waals surface area contributed by atoms with Gasteiger partial charge in [-0.05, 0) is 49.3 Å². The number of hydrogen-bond donors (Lipinski definition) is 3. The van der Waals surface area contributed by atoms with Gasteiger partial charge in [-0.1, -0.05) is 36.4 Å². The molecule has 3 N–H and O–H groups in total. The predicted molar refractivity (Wildman–Crippen MR) is 119 cm³/mol. The second-order valence-corrected chi connectivity index (χ2v) is 8.37. The van der Waals surface area contributed by atoms with Gasteiger partial charge in [0.25, 0.3) is 0 Å². The summed E-state index contributed by atoms with van der Waals surface area (Å²) >= 11 is 0. The number of carboxylic acids is 1. The summed E-state index contributed by atoms with van der Waals surface area (Å²) in [6.07, 6.45) is 4.56. The number of aryl methyl sites for hydroxylation is 2. The topological polar surface area (TPSA) is 94.6 Å². The molecule has 1 aromatic heterocycles. The van der Waals surface area contributed by atoms with E-state index in [1.807, 2.05) is 35.2 Å². The number of rotatable bonds is 8. The van der Waals surface area contributed by atoms with Crippen LogP contribution in [0.5, 0.6) is 0 Å². The Morgan fingerprint density at radius 2 is 2.06 bits per heavy atom. The first kappa shape index (κ1) is 21.3. The van der Waals surface area contributed by atoms with Gasteiger partial charge in [-0.25, -0.2) is 4.98 Å². The van der Waals surface area contributed by atoms with Crippen LogP contribution < -0.4 is 10.6 Å². The van der Waals surface area contributed by atoms with E-state index in [1.54, 1.807) is 0 Å². The first-order valence-corrected chi connectivity index (χ1v) is 11.1. The Labute approximate surface area is 182 Å². The summed E-state index contributed by atoms with van der Waals surface area (Å²) < 4.78 is 0. The van der Waals surface area contributed by atoms with Crippen LogP contribution in [0.2, 0.25) is 0 Å². The Morgan fingerprint density at radius 3 is 2.87 bits per heavy atom. The maximum Gasteiger partial charge on any atom is 0.325 e. The van der Waals surface area contributed by atoms with E-state index in [-0.39, 0.29) is 11.8 Å². The van der Waals surface area contributed by atoms with Crippen LogP contribution in [0.25, 0.3) is 0 Å². The van der Waals surface area contributed by atoms with Gasteiger partial charge in [0.05, 0.1) is 5.92 Å². The van der Waals surface area contributed by atoms with Crippen molar-refractivity contribution in [3.8, 4) is 0 Å². The molecule has 2 aromatic rings. The number of benzene rings is 1. The number of nitrogens with one attached hydrogen (secondary N) is 2. The predicted octanol–water partition coefficient (Wildman–Crippen LogP) is 2.64. The quantitative estimate of drug-likeness (QED) is 0.566. The number of aromatic nitrogens is 1. The normalized spacial score (nSPS) is 19.3. The average molecular weight is 423 g/mol. The lowest BCUT2D eigenvalue weighted by atomic mass is 10.1. The third-order valence-electron chi connectivity index (χ3n) is 6.17. The molecule has 0 saturated carbocycles. The van der Waals surface area contributed by atoms with Gasteiger partial charge in [0, 0.05) is 31.9 Å². The first-order chi connectivity index (χ1) is 15.1. The van der Waals surface area contributed by atoms with E-state index in [0.29, 0.717) is 26.1 Å². The molecule has 4 rings (SSSR count). The molecule has 3 heterocycles. The minimum atomic E-state index is -0.876. The first-order valence-electron chi connectivity index (χ1n) is 11.1. The van der Waals surface area contributed by atoms with Gasteiger partial charge in [0.1, 0.15) is 11.9 Å². The van der Waals surface area contributed by atoms with Crippen LogP contribution in [0.1, 0.15) is 42.1 Å². The van der Waals surface area contributed by atoms with Gasteiger partial charge in [-0.15, -0.1) is 0 Å². The highest BCUT2D eigenvalue weighted by molar-refractivity contribution is 5.80. The average Bonchev–Trinajstić information content (AvgIpc) is 3.27. The number of carboxylic acid groups (broad SMARTS) is 1. The van der Waals surface area contributed by atoms with Crippen molar-refractivity contribution in [1.29, 1.82) is 0 Å². The zero-order valence-corrected chi connectivity index (χ0v) is 17.7. The molecule has 2 aliphatic rings. The fourth-order valence-electron chi connectivity index (χ4n) is 4.51. The lowest BCUT2D eigenvalue weighted by Gasteiger charge is -2.24. The van der Waals surface area contributed by atoms with Crippen LogP contribution in [0, 0.1) is 5.92 Å². The van der Waals surface area contributed by atoms with Crippen molar-refractivity contribution in [2.75, 3.05) is 31.5 Å². The van der Waals surface area contributed by atoms with Gasteiger partial charge < -0.3 is 15.7 Å². The van der Waals surface area contributed by atoms with Crippen molar-refractivity contribution in [3.63, 3.8) is 0 Å². The van der Waals surface area contributed by atoms with E-state index < -0.39 is 12.0 Å². The van der Waals surface area contributed by atoms with Crippen molar-refractivity contribution in [1.82, 2.24) is 15.2 Å². The van der Waals surface area contributed by atoms with Crippen LogP contribution in [0.4, 0.5) is 5.82 Å². The number of hydrogen-bond acceptors (Lipinski definition) is 5. The molecule has 0 radical (unpaired) electrons. The molecule has 7 heteroatoms. The van der Waals surface area contributed by atoms with Crippen LogP contribution in [-0.2, 0) is 22.4 Å². The number of aliphatic carboxylic acids is 1. The van der Waals surface area contributed by atoms with E-state index in [2.05, 4.69) is 22.8 Å². The number of fused-ring (bicyclic) bond motifs is 1. The van der Waals surface area contributed by atoms with E-state index in [1.165, 1.54) is 5.56 Å². The van der Waals surface area contributed by atoms with Gasteiger partial charge in [0.2, 0.25) is 5.91 Å². The highest BCUT2D eigenvalue weighted by Crippen LogP contribution is 2.28. The maximum absolute atomic E-state index is 12.6. The molecule has 0 spiro atoms. The monoisotopic (exact) mass is 422 g/mol. The number of anilines is 1. The maximum atomic E-state index is 12.6. The lowest BCUT2D eigenvalue weighted by molar-refractivity contribution is -0.143. The minimum Gasteiger partial charge on any atom is -0.480 e. The summed E-state index contributed by atoms with van der Waals surface area (Å²) in [5.41, 5.74) is 3.08. The molecule has 0 bridgehead atoms. The minimum absolute atomic E-state index is 0.0137. The number of amides is 1. The Morgan fingerprint density at radius 1 is 1.23 bits per heavy atom. The van der Waals surface area contributed by atoms with Crippen molar-refractivity contribution in [2.24, 2.45) is 5.92 Å². The second kappa shape index (κ2) is 9.92. The summed E-state index contributed by atoms with van der Waals surface area (Å²) in [7, 11) is 0. The molecule has 2 aliphatic heterocycles. The molecule has 1 fully saturated rings. The summed E-state index contributed by atoms with van der Waals surface area (Å²) in [4.78, 5) is 31.0. The number of carbonyl (C=O) groups is 2. The van der Waals surface area contributed by atoms with Gasteiger partial charge >= 0.3 is 5.97 Å². The number of likely N-dealkylation sites (tertiary alicyclic amines) is 1. The Hall–Kier alpha value is -2.93. The SMILES string of the molecule is O=C(NCCCc1ccc2c(n1)NCCC2)[C@@H]1CCN([C@@H](C(=O)O)c2ccccc2)C1. The van der Waals surface area contributed by atoms with Gasteiger partial charge in [-0.3, -0.25) is 14.5 Å². The fraction of sp³-hybridized carbons (Fsp3) is 0.458. The van der Waals surface area contributed by atoms with Gasteiger partial charge in [-0.2, -0.15) is 0 Å². The van der Waals surface area contributed by atoms with Crippen molar-refractivity contribution < 1.29 is 14.7 Å². The van der Waals surface area contributed by atoms with Crippen molar-refractivity contribution in [3.05, 3.63) is 59.3 Å². The van der Waals surface area contributed by atoms with Crippen LogP contribution in [0.3, 0.4) is 0 Å². The Bertz CT molecular complexity index is 918. The Kier molecular flexibility index (Phi) is 6.82. The molecule has 1 aromatic carbocycles. The summed E-state index contributed by atoms with van der Waals surface area (Å²) in [6.45, 7) is 2.65. The molecule has 164 valence electrons. The molecule has 0 aliphatic carbocycles. The largest absolute Gasteiger partial charge is 0.480 e. The third-order valence-corrected chi connectivity index (χ3v) is 6.17. The van der Waals surface area contributed by atoms with E-state index >= 15 is 0 Å². The fourth-order valence-corrected chi connectivity index (χ4v) is 4.51. The smallest absolute Gasteiger partial charge is 0.325 e. The highest BCUT2D eigenvalue weighted by Gasteiger charge is 2.36. The molecule has 2 atom stereocenters. The molecule has 31 heavy (non-hydrogen) atoms. The lowest BCUT2D eigenvalue weighted by Crippen LogP contribution is -2.36.